The van der Waals surface area contributed by atoms with E-state index in [1.165, 1.54) is 0 Å². The molecule has 2 aromatic carbocycles. The number of benzene rings is 2. The third-order valence-corrected chi connectivity index (χ3v) is 6.73. The summed E-state index contributed by atoms with van der Waals surface area (Å²) in [7, 11) is 0. The van der Waals surface area contributed by atoms with Gasteiger partial charge in [-0.25, -0.2) is 0 Å². The number of likely N-dealkylation sites (tertiary alicyclic amines) is 1. The number of carbonyl (C=O) groups is 2. The summed E-state index contributed by atoms with van der Waals surface area (Å²) >= 11 is 0. The number of hydrogen-bond acceptors (Lipinski definition) is 4. The fourth-order valence-electron chi connectivity index (χ4n) is 4.94. The molecule has 2 saturated heterocycles. The van der Waals surface area contributed by atoms with Crippen molar-refractivity contribution in [2.24, 2.45) is 5.92 Å². The maximum absolute atomic E-state index is 13.6. The van der Waals surface area contributed by atoms with Gasteiger partial charge in [0.25, 0.3) is 0 Å². The topological polar surface area (TPSA) is 72.9 Å². The van der Waals surface area contributed by atoms with Crippen molar-refractivity contribution >= 4 is 11.8 Å². The van der Waals surface area contributed by atoms with Gasteiger partial charge in [-0.2, -0.15) is 0 Å². The van der Waals surface area contributed by atoms with Crippen molar-refractivity contribution in [1.82, 2.24) is 15.1 Å². The molecule has 2 amide bonds. The molecule has 4 rings (SSSR count). The largest absolute Gasteiger partial charge is 0.508 e. The van der Waals surface area contributed by atoms with Crippen LogP contribution in [-0.4, -0.2) is 51.4 Å². The van der Waals surface area contributed by atoms with E-state index in [9.17, 15) is 14.7 Å². The smallest absolute Gasteiger partial charge is 0.246 e. The number of nitrogens with zero attached hydrogens (tertiary/aromatic N) is 2. The van der Waals surface area contributed by atoms with Crippen LogP contribution in [-0.2, 0) is 22.7 Å². The standard InChI is InChI=1S/C26H33N3O3/c1-19(2)16-23-24(31)29(18-20-6-4-3-5-7-20)26(25(32)27-23)12-14-28(15-13-26)17-21-8-10-22(30)11-9-21/h3-11,19,23,30H,12-18H2,1-2H3,(H,27,32). The lowest BCUT2D eigenvalue weighted by Crippen LogP contribution is -2.72. The minimum absolute atomic E-state index is 0.0111. The zero-order chi connectivity index (χ0) is 22.7. The number of carbonyl (C=O) groups excluding carboxylic acids is 2. The average Bonchev–Trinajstić information content (AvgIpc) is 2.78. The molecule has 2 aliphatic rings. The summed E-state index contributed by atoms with van der Waals surface area (Å²) in [5.41, 5.74) is 1.37. The van der Waals surface area contributed by atoms with E-state index in [2.05, 4.69) is 24.1 Å². The Labute approximate surface area is 190 Å². The van der Waals surface area contributed by atoms with Crippen molar-refractivity contribution < 1.29 is 14.7 Å². The van der Waals surface area contributed by atoms with E-state index in [-0.39, 0.29) is 17.6 Å². The zero-order valence-corrected chi connectivity index (χ0v) is 19.0. The minimum atomic E-state index is -0.800. The number of piperidine rings is 1. The normalized spacial score (nSPS) is 21.2. The first kappa shape index (κ1) is 22.3. The quantitative estimate of drug-likeness (QED) is 0.730. The first-order valence-corrected chi connectivity index (χ1v) is 11.5. The molecular formula is C26H33N3O3. The average molecular weight is 436 g/mol. The van der Waals surface area contributed by atoms with Gasteiger partial charge in [-0.3, -0.25) is 14.5 Å². The summed E-state index contributed by atoms with van der Waals surface area (Å²) < 4.78 is 0. The number of phenols is 1. The van der Waals surface area contributed by atoms with E-state index in [1.54, 1.807) is 12.1 Å². The highest BCUT2D eigenvalue weighted by molar-refractivity contribution is 6.00. The Bertz CT molecular complexity index is 935. The number of amides is 2. The monoisotopic (exact) mass is 435 g/mol. The Balaban J connectivity index is 1.53. The number of hydrogen-bond donors (Lipinski definition) is 2. The lowest BCUT2D eigenvalue weighted by atomic mass is 9.80. The molecule has 1 atom stereocenters. The number of piperazine rings is 1. The van der Waals surface area contributed by atoms with Gasteiger partial charge in [-0.15, -0.1) is 0 Å². The molecule has 32 heavy (non-hydrogen) atoms. The second-order valence-corrected chi connectivity index (χ2v) is 9.54. The molecule has 6 nitrogen and oxygen atoms in total. The fraction of sp³-hybridized carbons (Fsp3) is 0.462. The molecule has 0 saturated carbocycles. The van der Waals surface area contributed by atoms with Gasteiger partial charge in [0.15, 0.2) is 0 Å². The third-order valence-electron chi connectivity index (χ3n) is 6.73. The van der Waals surface area contributed by atoms with Crippen molar-refractivity contribution in [2.75, 3.05) is 13.1 Å². The van der Waals surface area contributed by atoms with E-state index in [4.69, 9.17) is 0 Å². The predicted molar refractivity (Wildman–Crippen MR) is 124 cm³/mol. The molecule has 2 heterocycles. The molecule has 1 unspecified atom stereocenters. The second-order valence-electron chi connectivity index (χ2n) is 9.54. The number of phenolic OH excluding ortho intramolecular Hbond substituents is 1. The second kappa shape index (κ2) is 9.33. The summed E-state index contributed by atoms with van der Waals surface area (Å²) in [6, 6.07) is 16.7. The minimum Gasteiger partial charge on any atom is -0.508 e. The van der Waals surface area contributed by atoms with Crippen LogP contribution in [0.1, 0.15) is 44.2 Å². The zero-order valence-electron chi connectivity index (χ0n) is 19.0. The predicted octanol–water partition coefficient (Wildman–Crippen LogP) is 3.30. The maximum atomic E-state index is 13.6. The first-order valence-electron chi connectivity index (χ1n) is 11.5. The summed E-state index contributed by atoms with van der Waals surface area (Å²) in [5.74, 6) is 0.609. The Kier molecular flexibility index (Phi) is 6.51. The summed E-state index contributed by atoms with van der Waals surface area (Å²) in [5, 5.41) is 12.6. The van der Waals surface area contributed by atoms with Gasteiger partial charge in [0.1, 0.15) is 17.3 Å². The summed E-state index contributed by atoms with van der Waals surface area (Å²) in [6.07, 6.45) is 1.88. The molecule has 170 valence electrons. The Morgan fingerprint density at radius 2 is 1.59 bits per heavy atom. The molecular weight excluding hydrogens is 402 g/mol. The van der Waals surface area contributed by atoms with Gasteiger partial charge in [-0.05, 0) is 48.4 Å². The van der Waals surface area contributed by atoms with Gasteiger partial charge in [0.2, 0.25) is 11.8 Å². The molecule has 2 N–H and O–H groups in total. The lowest BCUT2D eigenvalue weighted by molar-refractivity contribution is -0.162. The molecule has 0 aliphatic carbocycles. The van der Waals surface area contributed by atoms with Crippen LogP contribution >= 0.6 is 0 Å². The highest BCUT2D eigenvalue weighted by atomic mass is 16.3. The van der Waals surface area contributed by atoms with Crippen molar-refractivity contribution in [3.05, 3.63) is 65.7 Å². The number of nitrogens with one attached hydrogen (secondary N) is 1. The van der Waals surface area contributed by atoms with Crippen LogP contribution in [0.15, 0.2) is 54.6 Å². The van der Waals surface area contributed by atoms with Crippen molar-refractivity contribution in [1.29, 1.82) is 0 Å². The molecule has 0 radical (unpaired) electrons. The Hall–Kier alpha value is -2.86. The Morgan fingerprint density at radius 1 is 0.969 bits per heavy atom. The third kappa shape index (κ3) is 4.65. The van der Waals surface area contributed by atoms with E-state index in [0.717, 1.165) is 30.8 Å². The molecule has 0 aromatic heterocycles. The van der Waals surface area contributed by atoms with Crippen LogP contribution in [0.4, 0.5) is 0 Å². The molecule has 2 aliphatic heterocycles. The summed E-state index contributed by atoms with van der Waals surface area (Å²) in [6.45, 7) is 6.85. The summed E-state index contributed by atoms with van der Waals surface area (Å²) in [4.78, 5) is 31.2. The molecule has 2 aromatic rings. The van der Waals surface area contributed by atoms with E-state index < -0.39 is 11.6 Å². The van der Waals surface area contributed by atoms with Crippen LogP contribution in [0.25, 0.3) is 0 Å². The number of rotatable bonds is 6. The first-order chi connectivity index (χ1) is 15.4. The van der Waals surface area contributed by atoms with Crippen LogP contribution < -0.4 is 5.32 Å². The molecule has 0 bridgehead atoms. The van der Waals surface area contributed by atoms with Gasteiger partial charge in [0.05, 0.1) is 0 Å². The van der Waals surface area contributed by atoms with Crippen LogP contribution in [0.2, 0.25) is 0 Å². The highest BCUT2D eigenvalue weighted by Crippen LogP contribution is 2.35. The van der Waals surface area contributed by atoms with Crippen LogP contribution in [0.5, 0.6) is 5.75 Å². The van der Waals surface area contributed by atoms with Crippen LogP contribution in [0, 0.1) is 5.92 Å². The van der Waals surface area contributed by atoms with Gasteiger partial charge >= 0.3 is 0 Å². The highest BCUT2D eigenvalue weighted by Gasteiger charge is 2.53. The van der Waals surface area contributed by atoms with Gasteiger partial charge < -0.3 is 15.3 Å². The fourth-order valence-corrected chi connectivity index (χ4v) is 4.94. The molecule has 1 spiro atoms. The SMILES string of the molecule is CC(C)CC1NC(=O)C2(CCN(Cc3ccc(O)cc3)CC2)N(Cc2ccccc2)C1=O. The molecule has 6 heteroatoms. The molecule has 2 fully saturated rings. The van der Waals surface area contributed by atoms with E-state index in [1.807, 2.05) is 47.4 Å². The van der Waals surface area contributed by atoms with Gasteiger partial charge in [-0.1, -0.05) is 56.3 Å². The van der Waals surface area contributed by atoms with Crippen molar-refractivity contribution in [3.8, 4) is 5.75 Å². The van der Waals surface area contributed by atoms with E-state index >= 15 is 0 Å². The van der Waals surface area contributed by atoms with Gasteiger partial charge in [0, 0.05) is 26.2 Å². The Morgan fingerprint density at radius 3 is 2.22 bits per heavy atom. The van der Waals surface area contributed by atoms with Crippen LogP contribution in [0.3, 0.4) is 0 Å². The van der Waals surface area contributed by atoms with E-state index in [0.29, 0.717) is 31.7 Å². The lowest BCUT2D eigenvalue weighted by Gasteiger charge is -2.52. The van der Waals surface area contributed by atoms with Crippen molar-refractivity contribution in [3.63, 3.8) is 0 Å². The maximum Gasteiger partial charge on any atom is 0.246 e. The van der Waals surface area contributed by atoms with Crippen molar-refractivity contribution in [2.45, 2.75) is 57.8 Å². The number of aromatic hydroxyl groups is 1.